The van der Waals surface area contributed by atoms with Gasteiger partial charge in [0.2, 0.25) is 0 Å². The van der Waals surface area contributed by atoms with Gasteiger partial charge in [-0.1, -0.05) is 6.92 Å². The number of carboxylic acid groups (broad SMARTS) is 1. The third-order valence-corrected chi connectivity index (χ3v) is 1.18. The second-order valence-electron chi connectivity index (χ2n) is 1.81. The van der Waals surface area contributed by atoms with Crippen molar-refractivity contribution in [2.75, 3.05) is 0 Å². The van der Waals surface area contributed by atoms with E-state index >= 15 is 0 Å². The molecule has 0 radical (unpaired) electrons. The van der Waals surface area contributed by atoms with E-state index in [-0.39, 0.29) is 5.57 Å². The highest BCUT2D eigenvalue weighted by Crippen LogP contribution is 2.00. The van der Waals surface area contributed by atoms with Crippen LogP contribution in [0.1, 0.15) is 20.3 Å². The van der Waals surface area contributed by atoms with Crippen molar-refractivity contribution < 1.29 is 9.90 Å². The Morgan fingerprint density at radius 1 is 1.67 bits per heavy atom. The zero-order chi connectivity index (χ0) is 7.44. The molecule has 0 aromatic rings. The first-order valence-electron chi connectivity index (χ1n) is 2.78. The Balaban J connectivity index is 4.28. The first-order chi connectivity index (χ1) is 4.09. The molecule has 0 unspecified atom stereocenters. The number of hydrogen-bond acceptors (Lipinski definition) is 2. The van der Waals surface area contributed by atoms with E-state index in [1.165, 1.54) is 6.92 Å². The van der Waals surface area contributed by atoms with E-state index in [1.807, 2.05) is 6.92 Å². The van der Waals surface area contributed by atoms with Crippen molar-refractivity contribution in [3.63, 3.8) is 0 Å². The lowest BCUT2D eigenvalue weighted by molar-refractivity contribution is -0.132. The number of carbonyl (C=O) groups is 1. The van der Waals surface area contributed by atoms with Gasteiger partial charge in [-0.3, -0.25) is 0 Å². The summed E-state index contributed by atoms with van der Waals surface area (Å²) in [5.41, 5.74) is 6.01. The first-order valence-corrected chi connectivity index (χ1v) is 2.78. The third-order valence-electron chi connectivity index (χ3n) is 1.18. The second kappa shape index (κ2) is 3.12. The molecule has 0 heterocycles. The van der Waals surface area contributed by atoms with Crippen LogP contribution in [0.25, 0.3) is 0 Å². The molecule has 3 heteroatoms. The summed E-state index contributed by atoms with van der Waals surface area (Å²) in [6.07, 6.45) is 0.595. The minimum atomic E-state index is -0.936. The molecule has 0 fully saturated rings. The van der Waals surface area contributed by atoms with Crippen LogP contribution in [0.3, 0.4) is 0 Å². The highest BCUT2D eigenvalue weighted by Gasteiger charge is 2.02. The predicted molar refractivity (Wildman–Crippen MR) is 34.8 cm³/mol. The molecular formula is C6H11NO2. The Bertz CT molecular complexity index is 149. The predicted octanol–water partition coefficient (Wildman–Crippen LogP) is 0.714. The van der Waals surface area contributed by atoms with Gasteiger partial charge in [-0.2, -0.15) is 0 Å². The molecule has 3 nitrogen and oxygen atoms in total. The maximum absolute atomic E-state index is 10.2. The van der Waals surface area contributed by atoms with Crippen LogP contribution >= 0.6 is 0 Å². The van der Waals surface area contributed by atoms with Gasteiger partial charge in [-0.25, -0.2) is 4.79 Å². The first kappa shape index (κ1) is 8.01. The van der Waals surface area contributed by atoms with Crippen LogP contribution < -0.4 is 5.73 Å². The molecule has 0 saturated heterocycles. The number of nitrogens with two attached hydrogens (primary N) is 1. The van der Waals surface area contributed by atoms with Crippen LogP contribution in [-0.4, -0.2) is 11.1 Å². The molecule has 9 heavy (non-hydrogen) atoms. The SMILES string of the molecule is CC/C(N)=C(/C)C(=O)O. The summed E-state index contributed by atoms with van der Waals surface area (Å²) < 4.78 is 0. The summed E-state index contributed by atoms with van der Waals surface area (Å²) in [4.78, 5) is 10.2. The Hall–Kier alpha value is -0.990. The molecule has 52 valence electrons. The van der Waals surface area contributed by atoms with Gasteiger partial charge in [0.15, 0.2) is 0 Å². The van der Waals surface area contributed by atoms with Crippen LogP contribution in [0.4, 0.5) is 0 Å². The van der Waals surface area contributed by atoms with Crippen LogP contribution in [0.15, 0.2) is 11.3 Å². The minimum Gasteiger partial charge on any atom is -0.478 e. The number of carboxylic acids is 1. The van der Waals surface area contributed by atoms with E-state index in [0.29, 0.717) is 12.1 Å². The van der Waals surface area contributed by atoms with Crippen LogP contribution in [0, 0.1) is 0 Å². The fourth-order valence-corrected chi connectivity index (χ4v) is 0.403. The van der Waals surface area contributed by atoms with Crippen molar-refractivity contribution in [1.82, 2.24) is 0 Å². The normalized spacial score (nSPS) is 12.7. The molecule has 0 saturated carbocycles. The fourth-order valence-electron chi connectivity index (χ4n) is 0.403. The fraction of sp³-hybridized carbons (Fsp3) is 0.500. The smallest absolute Gasteiger partial charge is 0.333 e. The van der Waals surface area contributed by atoms with Crippen molar-refractivity contribution >= 4 is 5.97 Å². The molecule has 0 aromatic carbocycles. The molecule has 0 bridgehead atoms. The molecule has 0 aliphatic carbocycles. The zero-order valence-electron chi connectivity index (χ0n) is 5.64. The molecule has 0 rings (SSSR count). The van der Waals surface area contributed by atoms with E-state index in [2.05, 4.69) is 0 Å². The van der Waals surface area contributed by atoms with Gasteiger partial charge in [0.1, 0.15) is 0 Å². The molecule has 0 atom stereocenters. The van der Waals surface area contributed by atoms with Crippen LogP contribution in [-0.2, 0) is 4.79 Å². The summed E-state index contributed by atoms with van der Waals surface area (Å²) in [6, 6.07) is 0. The number of hydrogen-bond donors (Lipinski definition) is 2. The Morgan fingerprint density at radius 2 is 2.11 bits per heavy atom. The van der Waals surface area contributed by atoms with Crippen molar-refractivity contribution in [2.45, 2.75) is 20.3 Å². The van der Waals surface area contributed by atoms with Gasteiger partial charge in [-0.05, 0) is 13.3 Å². The maximum Gasteiger partial charge on any atom is 0.333 e. The summed E-state index contributed by atoms with van der Waals surface area (Å²) in [7, 11) is 0. The highest BCUT2D eigenvalue weighted by molar-refractivity contribution is 5.86. The summed E-state index contributed by atoms with van der Waals surface area (Å²) in [5, 5.41) is 8.35. The Morgan fingerprint density at radius 3 is 2.22 bits per heavy atom. The zero-order valence-corrected chi connectivity index (χ0v) is 5.64. The van der Waals surface area contributed by atoms with Gasteiger partial charge < -0.3 is 10.8 Å². The third kappa shape index (κ3) is 2.17. The van der Waals surface area contributed by atoms with E-state index in [4.69, 9.17) is 10.8 Å². The number of aliphatic carboxylic acids is 1. The lowest BCUT2D eigenvalue weighted by atomic mass is 10.2. The van der Waals surface area contributed by atoms with Crippen molar-refractivity contribution in [3.8, 4) is 0 Å². The van der Waals surface area contributed by atoms with Crippen LogP contribution in [0.5, 0.6) is 0 Å². The summed E-state index contributed by atoms with van der Waals surface area (Å²) in [6.45, 7) is 3.32. The molecule has 3 N–H and O–H groups in total. The monoisotopic (exact) mass is 129 g/mol. The highest BCUT2D eigenvalue weighted by atomic mass is 16.4. The van der Waals surface area contributed by atoms with E-state index in [1.54, 1.807) is 0 Å². The Labute approximate surface area is 54.2 Å². The minimum absolute atomic E-state index is 0.248. The van der Waals surface area contributed by atoms with E-state index in [9.17, 15) is 4.79 Å². The van der Waals surface area contributed by atoms with E-state index in [0.717, 1.165) is 0 Å². The lowest BCUT2D eigenvalue weighted by Crippen LogP contribution is -2.06. The number of rotatable bonds is 2. The topological polar surface area (TPSA) is 63.3 Å². The largest absolute Gasteiger partial charge is 0.478 e. The molecule has 0 spiro atoms. The number of allylic oxidation sites excluding steroid dienone is 1. The average molecular weight is 129 g/mol. The van der Waals surface area contributed by atoms with Crippen LogP contribution in [0.2, 0.25) is 0 Å². The van der Waals surface area contributed by atoms with Gasteiger partial charge in [-0.15, -0.1) is 0 Å². The van der Waals surface area contributed by atoms with Crippen molar-refractivity contribution in [2.24, 2.45) is 5.73 Å². The van der Waals surface area contributed by atoms with E-state index < -0.39 is 5.97 Å². The van der Waals surface area contributed by atoms with Crippen molar-refractivity contribution in [3.05, 3.63) is 11.3 Å². The lowest BCUT2D eigenvalue weighted by Gasteiger charge is -1.97. The molecule has 0 amide bonds. The average Bonchev–Trinajstić information content (AvgIpc) is 1.84. The van der Waals surface area contributed by atoms with Gasteiger partial charge in [0, 0.05) is 5.70 Å². The van der Waals surface area contributed by atoms with Gasteiger partial charge in [0.25, 0.3) is 0 Å². The van der Waals surface area contributed by atoms with Gasteiger partial charge >= 0.3 is 5.97 Å². The molecular weight excluding hydrogens is 118 g/mol. The molecule has 0 aromatic heterocycles. The molecule has 0 aliphatic heterocycles. The quantitative estimate of drug-likeness (QED) is 0.540. The standard InChI is InChI=1S/C6H11NO2/c1-3-5(7)4(2)6(8)9/h3,7H2,1-2H3,(H,8,9)/b5-4+. The van der Waals surface area contributed by atoms with Gasteiger partial charge in [0.05, 0.1) is 5.57 Å². The summed E-state index contributed by atoms with van der Waals surface area (Å²) >= 11 is 0. The maximum atomic E-state index is 10.2. The molecule has 0 aliphatic rings. The second-order valence-corrected chi connectivity index (χ2v) is 1.81. The Kier molecular flexibility index (Phi) is 2.78. The summed E-state index contributed by atoms with van der Waals surface area (Å²) in [5.74, 6) is -0.936. The van der Waals surface area contributed by atoms with Crippen molar-refractivity contribution in [1.29, 1.82) is 0 Å².